The van der Waals surface area contributed by atoms with Crippen molar-refractivity contribution in [1.29, 1.82) is 0 Å². The number of carbonyl (C=O) groups is 1. The molecule has 2 aromatic carbocycles. The van der Waals surface area contributed by atoms with E-state index in [1.54, 1.807) is 19.2 Å². The number of anilines is 1. The molecule has 0 atom stereocenters. The van der Waals surface area contributed by atoms with Crippen LogP contribution in [0.2, 0.25) is 0 Å². The van der Waals surface area contributed by atoms with E-state index in [-0.39, 0.29) is 5.91 Å². The maximum Gasteiger partial charge on any atom is 0.259 e. The van der Waals surface area contributed by atoms with Gasteiger partial charge in [0.05, 0.1) is 43.5 Å². The molecule has 7 nitrogen and oxygen atoms in total. The van der Waals surface area contributed by atoms with Crippen molar-refractivity contribution in [1.82, 2.24) is 14.5 Å². The number of carbonyl (C=O) groups excluding carboxylic acids is 1. The molecule has 158 valence electrons. The van der Waals surface area contributed by atoms with Crippen LogP contribution in [-0.4, -0.2) is 53.8 Å². The van der Waals surface area contributed by atoms with Gasteiger partial charge in [-0.25, -0.2) is 4.98 Å². The number of morpholine rings is 1. The van der Waals surface area contributed by atoms with Crippen LogP contribution < -0.4 is 10.1 Å². The lowest BCUT2D eigenvalue weighted by atomic mass is 10.2. The zero-order chi connectivity index (χ0) is 20.9. The van der Waals surface area contributed by atoms with Crippen LogP contribution in [0.1, 0.15) is 29.5 Å². The SMILES string of the molecule is CCCn1c(CN2CCOCC2)nc2cc(NC(=O)c3ccccc3OC)ccc21. The number of aryl methyl sites for hydroxylation is 1. The fourth-order valence-electron chi connectivity index (χ4n) is 3.84. The van der Waals surface area contributed by atoms with E-state index in [1.165, 1.54) is 0 Å². The van der Waals surface area contributed by atoms with Crippen LogP contribution in [0.3, 0.4) is 0 Å². The van der Waals surface area contributed by atoms with Gasteiger partial charge < -0.3 is 19.4 Å². The van der Waals surface area contributed by atoms with Crippen LogP contribution in [0.4, 0.5) is 5.69 Å². The van der Waals surface area contributed by atoms with Crippen LogP contribution in [0.5, 0.6) is 5.75 Å². The molecule has 1 saturated heterocycles. The number of fused-ring (bicyclic) bond motifs is 1. The van der Waals surface area contributed by atoms with E-state index in [9.17, 15) is 4.79 Å². The Kier molecular flexibility index (Phi) is 6.30. The summed E-state index contributed by atoms with van der Waals surface area (Å²) < 4.78 is 13.1. The van der Waals surface area contributed by atoms with Crippen molar-refractivity contribution in [3.05, 3.63) is 53.9 Å². The Morgan fingerprint density at radius 2 is 2.00 bits per heavy atom. The second-order valence-corrected chi connectivity index (χ2v) is 7.43. The molecule has 1 aliphatic heterocycles. The minimum Gasteiger partial charge on any atom is -0.496 e. The number of methoxy groups -OCH3 is 1. The highest BCUT2D eigenvalue weighted by atomic mass is 16.5. The lowest BCUT2D eigenvalue weighted by molar-refractivity contribution is 0.0326. The first-order valence-corrected chi connectivity index (χ1v) is 10.4. The minimum atomic E-state index is -0.201. The summed E-state index contributed by atoms with van der Waals surface area (Å²) in [6.07, 6.45) is 1.04. The number of amides is 1. The largest absolute Gasteiger partial charge is 0.496 e. The smallest absolute Gasteiger partial charge is 0.259 e. The van der Waals surface area contributed by atoms with E-state index in [2.05, 4.69) is 21.7 Å². The van der Waals surface area contributed by atoms with Crippen molar-refractivity contribution in [2.45, 2.75) is 26.4 Å². The van der Waals surface area contributed by atoms with Crippen molar-refractivity contribution >= 4 is 22.6 Å². The number of imidazole rings is 1. The number of benzene rings is 2. The van der Waals surface area contributed by atoms with E-state index in [0.29, 0.717) is 11.3 Å². The Bertz CT molecular complexity index is 1020. The molecule has 0 unspecified atom stereocenters. The minimum absolute atomic E-state index is 0.201. The zero-order valence-corrected chi connectivity index (χ0v) is 17.6. The third-order valence-electron chi connectivity index (χ3n) is 5.35. The number of hydrogen-bond donors (Lipinski definition) is 1. The maximum atomic E-state index is 12.7. The summed E-state index contributed by atoms with van der Waals surface area (Å²) in [6, 6.07) is 13.1. The molecule has 1 N–H and O–H groups in total. The molecule has 30 heavy (non-hydrogen) atoms. The van der Waals surface area contributed by atoms with Crippen molar-refractivity contribution in [3.63, 3.8) is 0 Å². The summed E-state index contributed by atoms with van der Waals surface area (Å²) in [6.45, 7) is 7.29. The molecule has 1 amide bonds. The second-order valence-electron chi connectivity index (χ2n) is 7.43. The first-order chi connectivity index (χ1) is 14.7. The Morgan fingerprint density at radius 1 is 1.20 bits per heavy atom. The highest BCUT2D eigenvalue weighted by molar-refractivity contribution is 6.06. The normalized spacial score (nSPS) is 14.7. The van der Waals surface area contributed by atoms with E-state index >= 15 is 0 Å². The first kappa shape index (κ1) is 20.4. The van der Waals surface area contributed by atoms with Gasteiger partial charge in [0.25, 0.3) is 5.91 Å². The quantitative estimate of drug-likeness (QED) is 0.648. The van der Waals surface area contributed by atoms with Crippen LogP contribution in [0, 0.1) is 0 Å². The Labute approximate surface area is 176 Å². The molecule has 0 spiro atoms. The van der Waals surface area contributed by atoms with E-state index < -0.39 is 0 Å². The molecule has 0 bridgehead atoms. The maximum absolute atomic E-state index is 12.7. The first-order valence-electron chi connectivity index (χ1n) is 10.4. The van der Waals surface area contributed by atoms with Gasteiger partial charge in [-0.2, -0.15) is 0 Å². The molecular weight excluding hydrogens is 380 g/mol. The van der Waals surface area contributed by atoms with Gasteiger partial charge in [-0.15, -0.1) is 0 Å². The Morgan fingerprint density at radius 3 is 2.77 bits per heavy atom. The van der Waals surface area contributed by atoms with Gasteiger partial charge in [0.15, 0.2) is 0 Å². The number of para-hydroxylation sites is 1. The summed E-state index contributed by atoms with van der Waals surface area (Å²) in [7, 11) is 1.56. The molecule has 1 aromatic heterocycles. The number of nitrogens with one attached hydrogen (secondary N) is 1. The lowest BCUT2D eigenvalue weighted by Gasteiger charge is -2.26. The Balaban J connectivity index is 1.59. The molecule has 2 heterocycles. The van der Waals surface area contributed by atoms with Gasteiger partial charge in [-0.3, -0.25) is 9.69 Å². The molecule has 7 heteroatoms. The zero-order valence-electron chi connectivity index (χ0n) is 17.6. The molecular formula is C23H28N4O3. The van der Waals surface area contributed by atoms with Gasteiger partial charge in [-0.1, -0.05) is 19.1 Å². The number of ether oxygens (including phenoxy) is 2. The Hall–Kier alpha value is -2.90. The van der Waals surface area contributed by atoms with Gasteiger partial charge >= 0.3 is 0 Å². The van der Waals surface area contributed by atoms with E-state index in [1.807, 2.05) is 30.3 Å². The molecule has 1 fully saturated rings. The summed E-state index contributed by atoms with van der Waals surface area (Å²) >= 11 is 0. The molecule has 0 radical (unpaired) electrons. The van der Waals surface area contributed by atoms with Gasteiger partial charge in [0.1, 0.15) is 11.6 Å². The molecule has 1 aliphatic rings. The third-order valence-corrected chi connectivity index (χ3v) is 5.35. The van der Waals surface area contributed by atoms with Crippen LogP contribution in [-0.2, 0) is 17.8 Å². The third kappa shape index (κ3) is 4.32. The summed E-state index contributed by atoms with van der Waals surface area (Å²) in [5.41, 5.74) is 3.21. The predicted octanol–water partition coefficient (Wildman–Crippen LogP) is 3.54. The fourth-order valence-corrected chi connectivity index (χ4v) is 3.84. The van der Waals surface area contributed by atoms with Crippen molar-refractivity contribution in [2.24, 2.45) is 0 Å². The molecule has 0 saturated carbocycles. The van der Waals surface area contributed by atoms with Crippen LogP contribution >= 0.6 is 0 Å². The molecule has 4 rings (SSSR count). The number of nitrogens with zero attached hydrogens (tertiary/aromatic N) is 3. The monoisotopic (exact) mass is 408 g/mol. The predicted molar refractivity (Wildman–Crippen MR) is 117 cm³/mol. The average molecular weight is 409 g/mol. The highest BCUT2D eigenvalue weighted by Crippen LogP contribution is 2.24. The second kappa shape index (κ2) is 9.28. The number of rotatable bonds is 7. The number of aromatic nitrogens is 2. The standard InChI is InChI=1S/C23H28N4O3/c1-3-10-27-20-9-8-17(24-23(28)18-6-4-5-7-21(18)29-2)15-19(20)25-22(27)16-26-11-13-30-14-12-26/h4-9,15H,3,10-14,16H2,1-2H3,(H,24,28). The van der Waals surface area contributed by atoms with Crippen molar-refractivity contribution < 1.29 is 14.3 Å². The van der Waals surface area contributed by atoms with Gasteiger partial charge in [-0.05, 0) is 36.8 Å². The van der Waals surface area contributed by atoms with Crippen molar-refractivity contribution in [3.8, 4) is 5.75 Å². The molecule has 0 aliphatic carbocycles. The number of hydrogen-bond acceptors (Lipinski definition) is 5. The topological polar surface area (TPSA) is 68.6 Å². The van der Waals surface area contributed by atoms with Crippen molar-refractivity contribution in [2.75, 3.05) is 38.7 Å². The summed E-state index contributed by atoms with van der Waals surface area (Å²) in [5.74, 6) is 1.41. The average Bonchev–Trinajstić information content (AvgIpc) is 3.10. The van der Waals surface area contributed by atoms with Crippen LogP contribution in [0.25, 0.3) is 11.0 Å². The van der Waals surface area contributed by atoms with Gasteiger partial charge in [0, 0.05) is 25.3 Å². The summed E-state index contributed by atoms with van der Waals surface area (Å²) in [4.78, 5) is 20.0. The van der Waals surface area contributed by atoms with Crippen LogP contribution in [0.15, 0.2) is 42.5 Å². The van der Waals surface area contributed by atoms with Gasteiger partial charge in [0.2, 0.25) is 0 Å². The van der Waals surface area contributed by atoms with E-state index in [0.717, 1.165) is 68.4 Å². The highest BCUT2D eigenvalue weighted by Gasteiger charge is 2.17. The fraction of sp³-hybridized carbons (Fsp3) is 0.391. The summed E-state index contributed by atoms with van der Waals surface area (Å²) in [5, 5.41) is 2.97. The lowest BCUT2D eigenvalue weighted by Crippen LogP contribution is -2.36. The molecule has 3 aromatic rings. The van der Waals surface area contributed by atoms with E-state index in [4.69, 9.17) is 14.5 Å².